The topological polar surface area (TPSA) is 120 Å². The van der Waals surface area contributed by atoms with Crippen LogP contribution in [0.15, 0.2) is 6.20 Å². The summed E-state index contributed by atoms with van der Waals surface area (Å²) in [6.45, 7) is 1.78. The number of nitrogens with two attached hydrogens (primary N) is 2. The Hall–Kier alpha value is -2.15. The van der Waals surface area contributed by atoms with Crippen molar-refractivity contribution >= 4 is 22.8 Å². The molecule has 3 rings (SSSR count). The van der Waals surface area contributed by atoms with Gasteiger partial charge < -0.3 is 21.1 Å². The normalized spacial score (nSPS) is 22.6. The smallest absolute Gasteiger partial charge is 0.253 e. The number of nitrogens with zero attached hydrogens (tertiary/aromatic N) is 3. The minimum atomic E-state index is -0.583. The lowest BCUT2D eigenvalue weighted by molar-refractivity contribution is 0.100. The Bertz CT molecular complexity index is 709. The summed E-state index contributed by atoms with van der Waals surface area (Å²) in [5.74, 6) is 0.338. The van der Waals surface area contributed by atoms with Crippen LogP contribution in [-0.4, -0.2) is 31.7 Å². The van der Waals surface area contributed by atoms with Gasteiger partial charge in [-0.25, -0.2) is 9.97 Å². The Morgan fingerprint density at radius 1 is 1.48 bits per heavy atom. The van der Waals surface area contributed by atoms with Gasteiger partial charge >= 0.3 is 0 Å². The molecule has 2 heterocycles. The van der Waals surface area contributed by atoms with E-state index in [2.05, 4.69) is 9.97 Å². The first-order chi connectivity index (χ1) is 9.99. The van der Waals surface area contributed by atoms with Crippen molar-refractivity contribution in [1.82, 2.24) is 14.5 Å². The van der Waals surface area contributed by atoms with Crippen molar-refractivity contribution in [2.24, 2.45) is 5.73 Å². The maximum Gasteiger partial charge on any atom is 0.253 e. The van der Waals surface area contributed by atoms with Crippen LogP contribution in [0.3, 0.4) is 0 Å². The van der Waals surface area contributed by atoms with E-state index in [1.807, 2.05) is 4.57 Å². The summed E-state index contributed by atoms with van der Waals surface area (Å²) in [4.78, 5) is 20.3. The second kappa shape index (κ2) is 5.00. The Kier molecular flexibility index (Phi) is 3.29. The van der Waals surface area contributed by atoms with Gasteiger partial charge in [0.2, 0.25) is 0 Å². The maximum absolute atomic E-state index is 11.7. The van der Waals surface area contributed by atoms with Gasteiger partial charge in [-0.15, -0.1) is 0 Å². The third-order valence-corrected chi connectivity index (χ3v) is 4.13. The largest absolute Gasteiger partial charge is 0.393 e. The number of carbonyl (C=O) groups excluding carboxylic acids is 1. The lowest BCUT2D eigenvalue weighted by Gasteiger charge is -2.28. The van der Waals surface area contributed by atoms with E-state index in [1.54, 1.807) is 13.1 Å². The van der Waals surface area contributed by atoms with Gasteiger partial charge in [-0.05, 0) is 32.6 Å². The number of nitrogen functional groups attached to an aromatic ring is 1. The van der Waals surface area contributed by atoms with Gasteiger partial charge in [0.25, 0.3) is 5.91 Å². The number of primary amides is 1. The number of aliphatic hydroxyl groups is 1. The number of anilines is 1. The fourth-order valence-electron chi connectivity index (χ4n) is 3.19. The molecule has 1 fully saturated rings. The average molecular weight is 289 g/mol. The number of hydrogen-bond donors (Lipinski definition) is 3. The summed E-state index contributed by atoms with van der Waals surface area (Å²) in [5.41, 5.74) is 12.5. The number of amides is 1. The van der Waals surface area contributed by atoms with Gasteiger partial charge in [0.05, 0.1) is 17.1 Å². The molecule has 1 aliphatic rings. The highest BCUT2D eigenvalue weighted by atomic mass is 16.3. The molecule has 0 spiro atoms. The van der Waals surface area contributed by atoms with Crippen molar-refractivity contribution in [2.45, 2.75) is 44.8 Å². The molecule has 21 heavy (non-hydrogen) atoms. The second-order valence-corrected chi connectivity index (χ2v) is 5.62. The zero-order chi connectivity index (χ0) is 15.1. The predicted octanol–water partition coefficient (Wildman–Crippen LogP) is 0.897. The van der Waals surface area contributed by atoms with E-state index in [0.717, 1.165) is 19.3 Å². The minimum Gasteiger partial charge on any atom is -0.393 e. The van der Waals surface area contributed by atoms with E-state index in [9.17, 15) is 9.90 Å². The average Bonchev–Trinajstić information content (AvgIpc) is 2.70. The Morgan fingerprint density at radius 2 is 2.24 bits per heavy atom. The summed E-state index contributed by atoms with van der Waals surface area (Å²) in [7, 11) is 0. The van der Waals surface area contributed by atoms with Crippen LogP contribution in [0.1, 0.15) is 47.9 Å². The van der Waals surface area contributed by atoms with Crippen molar-refractivity contribution in [1.29, 1.82) is 0 Å². The second-order valence-electron chi connectivity index (χ2n) is 5.62. The van der Waals surface area contributed by atoms with Crippen molar-refractivity contribution in [3.8, 4) is 0 Å². The number of hydrogen-bond acceptors (Lipinski definition) is 5. The van der Waals surface area contributed by atoms with Gasteiger partial charge in [-0.2, -0.15) is 0 Å². The molecule has 1 saturated carbocycles. The molecular formula is C14H19N5O2. The zero-order valence-electron chi connectivity index (χ0n) is 11.9. The summed E-state index contributed by atoms with van der Waals surface area (Å²) in [6, 6.07) is 0.0265. The number of aryl methyl sites for hydroxylation is 1. The number of aromatic nitrogens is 3. The zero-order valence-corrected chi connectivity index (χ0v) is 11.9. The van der Waals surface area contributed by atoms with E-state index in [0.29, 0.717) is 29.1 Å². The van der Waals surface area contributed by atoms with Crippen LogP contribution in [0.25, 0.3) is 11.0 Å². The number of rotatable bonds is 2. The van der Waals surface area contributed by atoms with Crippen LogP contribution >= 0.6 is 0 Å². The molecule has 2 aromatic rings. The quantitative estimate of drug-likeness (QED) is 0.758. The molecular weight excluding hydrogens is 270 g/mol. The van der Waals surface area contributed by atoms with E-state index in [1.165, 1.54) is 0 Å². The van der Waals surface area contributed by atoms with E-state index < -0.39 is 5.91 Å². The van der Waals surface area contributed by atoms with Gasteiger partial charge in [0.15, 0.2) is 0 Å². The van der Waals surface area contributed by atoms with Crippen LogP contribution in [0, 0.1) is 6.92 Å². The summed E-state index contributed by atoms with van der Waals surface area (Å²) < 4.78 is 1.84. The van der Waals surface area contributed by atoms with E-state index in [-0.39, 0.29) is 17.7 Å². The Balaban J connectivity index is 2.23. The number of fused-ring (bicyclic) bond motifs is 1. The molecule has 0 bridgehead atoms. The van der Waals surface area contributed by atoms with E-state index >= 15 is 0 Å². The minimum absolute atomic E-state index is 0.0265. The molecule has 0 unspecified atom stereocenters. The van der Waals surface area contributed by atoms with Gasteiger partial charge in [0.1, 0.15) is 17.3 Å². The molecule has 1 amide bonds. The predicted molar refractivity (Wildman–Crippen MR) is 78.7 cm³/mol. The lowest BCUT2D eigenvalue weighted by atomic mass is 9.93. The number of aliphatic hydroxyl groups excluding tert-OH is 1. The Morgan fingerprint density at radius 3 is 2.90 bits per heavy atom. The summed E-state index contributed by atoms with van der Waals surface area (Å²) in [6.07, 6.45) is 4.46. The molecule has 5 N–H and O–H groups in total. The molecule has 112 valence electrons. The van der Waals surface area contributed by atoms with Crippen LogP contribution in [0.2, 0.25) is 0 Å². The molecule has 1 aliphatic carbocycles. The SMILES string of the molecule is Cc1ncc2c(C(N)=O)c(N)n([C@@H]3CCC[C@H](O)C3)c2n1. The first-order valence-electron chi connectivity index (χ1n) is 7.10. The highest BCUT2D eigenvalue weighted by molar-refractivity contribution is 6.10. The summed E-state index contributed by atoms with van der Waals surface area (Å²) >= 11 is 0. The maximum atomic E-state index is 11.7. The fourth-order valence-corrected chi connectivity index (χ4v) is 3.19. The van der Waals surface area contributed by atoms with Crippen molar-refractivity contribution in [3.63, 3.8) is 0 Å². The van der Waals surface area contributed by atoms with Gasteiger partial charge in [0, 0.05) is 12.2 Å². The van der Waals surface area contributed by atoms with Gasteiger partial charge in [-0.1, -0.05) is 0 Å². The highest BCUT2D eigenvalue weighted by Gasteiger charge is 2.28. The molecule has 0 radical (unpaired) electrons. The molecule has 2 aromatic heterocycles. The first-order valence-corrected chi connectivity index (χ1v) is 7.10. The lowest BCUT2D eigenvalue weighted by Crippen LogP contribution is -2.24. The monoisotopic (exact) mass is 289 g/mol. The molecule has 7 nitrogen and oxygen atoms in total. The molecule has 7 heteroatoms. The van der Waals surface area contributed by atoms with Crippen molar-refractivity contribution in [2.75, 3.05) is 5.73 Å². The van der Waals surface area contributed by atoms with Crippen LogP contribution < -0.4 is 11.5 Å². The molecule has 0 saturated heterocycles. The highest BCUT2D eigenvalue weighted by Crippen LogP contribution is 2.36. The fraction of sp³-hybridized carbons (Fsp3) is 0.500. The Labute approximate surface area is 122 Å². The third kappa shape index (κ3) is 2.23. The molecule has 0 aliphatic heterocycles. The number of carbonyl (C=O) groups is 1. The summed E-state index contributed by atoms with van der Waals surface area (Å²) in [5, 5.41) is 10.5. The standard InChI is InChI=1S/C14H19N5O2/c1-7-17-6-10-11(13(16)21)12(15)19(14(10)18-7)8-3-2-4-9(20)5-8/h6,8-9,20H,2-5,15H2,1H3,(H2,16,21)/t8-,9+/m1/s1. The van der Waals surface area contributed by atoms with Crippen LogP contribution in [-0.2, 0) is 0 Å². The third-order valence-electron chi connectivity index (χ3n) is 4.13. The molecule has 0 aromatic carbocycles. The van der Waals surface area contributed by atoms with Gasteiger partial charge in [-0.3, -0.25) is 4.79 Å². The van der Waals surface area contributed by atoms with Crippen LogP contribution in [0.5, 0.6) is 0 Å². The first kappa shape index (κ1) is 13.8. The van der Waals surface area contributed by atoms with E-state index in [4.69, 9.17) is 11.5 Å². The van der Waals surface area contributed by atoms with Crippen LogP contribution in [0.4, 0.5) is 5.82 Å². The van der Waals surface area contributed by atoms with Crippen molar-refractivity contribution < 1.29 is 9.90 Å². The molecule has 2 atom stereocenters. The van der Waals surface area contributed by atoms with Crippen molar-refractivity contribution in [3.05, 3.63) is 17.6 Å².